The van der Waals surface area contributed by atoms with Crippen LogP contribution in [-0.2, 0) is 11.3 Å². The van der Waals surface area contributed by atoms with Crippen molar-refractivity contribution in [3.8, 4) is 11.5 Å². The highest BCUT2D eigenvalue weighted by Gasteiger charge is 2.22. The predicted octanol–water partition coefficient (Wildman–Crippen LogP) is 3.68. The van der Waals surface area contributed by atoms with Crippen molar-refractivity contribution in [3.05, 3.63) is 54.1 Å². The second kappa shape index (κ2) is 11.6. The van der Waals surface area contributed by atoms with E-state index in [2.05, 4.69) is 22.5 Å². The van der Waals surface area contributed by atoms with Crippen LogP contribution in [-0.4, -0.2) is 49.7 Å². The summed E-state index contributed by atoms with van der Waals surface area (Å²) in [6.07, 6.45) is 2.56. The number of carbonyl (C=O) groups is 1. The van der Waals surface area contributed by atoms with Crippen LogP contribution in [0.1, 0.15) is 32.3 Å². The number of para-hydroxylation sites is 1. The summed E-state index contributed by atoms with van der Waals surface area (Å²) in [5, 5.41) is 6.39. The van der Waals surface area contributed by atoms with Gasteiger partial charge in [0, 0.05) is 24.8 Å². The van der Waals surface area contributed by atoms with Crippen LogP contribution in [0.4, 0.5) is 5.69 Å². The zero-order valence-corrected chi connectivity index (χ0v) is 18.0. The highest BCUT2D eigenvalue weighted by Crippen LogP contribution is 2.28. The van der Waals surface area contributed by atoms with Crippen molar-refractivity contribution in [2.45, 2.75) is 39.3 Å². The molecule has 1 aliphatic rings. The summed E-state index contributed by atoms with van der Waals surface area (Å²) in [4.78, 5) is 14.7. The summed E-state index contributed by atoms with van der Waals surface area (Å²) in [6.45, 7) is 8.74. The average Bonchev–Trinajstić information content (AvgIpc) is 3.21. The first-order valence-electron chi connectivity index (χ1n) is 10.9. The van der Waals surface area contributed by atoms with Gasteiger partial charge in [-0.2, -0.15) is 0 Å². The molecule has 1 fully saturated rings. The Morgan fingerprint density at radius 3 is 2.70 bits per heavy atom. The van der Waals surface area contributed by atoms with Crippen LogP contribution in [0.25, 0.3) is 0 Å². The number of rotatable bonds is 11. The van der Waals surface area contributed by atoms with Crippen molar-refractivity contribution in [1.82, 2.24) is 10.2 Å². The number of likely N-dealkylation sites (N-methyl/N-ethyl adjacent to an activating group) is 1. The first-order chi connectivity index (χ1) is 14.7. The lowest BCUT2D eigenvalue weighted by molar-refractivity contribution is -0.118. The molecule has 0 radical (unpaired) electrons. The molecule has 30 heavy (non-hydrogen) atoms. The van der Waals surface area contributed by atoms with Crippen molar-refractivity contribution in [3.63, 3.8) is 0 Å². The molecular formula is C24H33N3O3. The third kappa shape index (κ3) is 6.47. The van der Waals surface area contributed by atoms with Crippen LogP contribution in [0, 0.1) is 0 Å². The van der Waals surface area contributed by atoms with E-state index < -0.39 is 0 Å². The third-order valence-corrected chi connectivity index (χ3v) is 5.34. The zero-order valence-electron chi connectivity index (χ0n) is 18.0. The van der Waals surface area contributed by atoms with Gasteiger partial charge in [-0.15, -0.1) is 0 Å². The van der Waals surface area contributed by atoms with E-state index >= 15 is 0 Å². The van der Waals surface area contributed by atoms with Crippen molar-refractivity contribution in [2.24, 2.45) is 0 Å². The molecule has 0 aliphatic carbocycles. The van der Waals surface area contributed by atoms with Crippen molar-refractivity contribution in [1.29, 1.82) is 0 Å². The van der Waals surface area contributed by atoms with Gasteiger partial charge in [-0.25, -0.2) is 0 Å². The molecule has 2 aromatic carbocycles. The normalized spacial score (nSPS) is 16.4. The number of benzene rings is 2. The largest absolute Gasteiger partial charge is 0.490 e. The Balaban J connectivity index is 1.51. The minimum atomic E-state index is -0.202. The summed E-state index contributed by atoms with van der Waals surface area (Å²) in [7, 11) is 0. The van der Waals surface area contributed by atoms with Crippen LogP contribution < -0.4 is 20.1 Å². The summed E-state index contributed by atoms with van der Waals surface area (Å²) >= 11 is 0. The number of amides is 1. The minimum Gasteiger partial charge on any atom is -0.490 e. The molecule has 2 N–H and O–H groups in total. The number of hydrogen-bond acceptors (Lipinski definition) is 5. The van der Waals surface area contributed by atoms with Crippen LogP contribution >= 0.6 is 0 Å². The third-order valence-electron chi connectivity index (χ3n) is 5.34. The lowest BCUT2D eigenvalue weighted by Gasteiger charge is -2.23. The second-order valence-corrected chi connectivity index (χ2v) is 7.47. The van der Waals surface area contributed by atoms with Gasteiger partial charge in [0.1, 0.15) is 0 Å². The maximum absolute atomic E-state index is 12.1. The van der Waals surface area contributed by atoms with E-state index in [1.807, 2.05) is 55.5 Å². The molecule has 162 valence electrons. The Labute approximate surface area is 179 Å². The summed E-state index contributed by atoms with van der Waals surface area (Å²) in [6, 6.07) is 15.9. The first kappa shape index (κ1) is 22.1. The highest BCUT2D eigenvalue weighted by atomic mass is 16.5. The van der Waals surface area contributed by atoms with Crippen LogP contribution in [0.15, 0.2) is 48.5 Å². The van der Waals surface area contributed by atoms with E-state index in [1.165, 1.54) is 19.4 Å². The molecular weight excluding hydrogens is 378 g/mol. The van der Waals surface area contributed by atoms with E-state index in [1.54, 1.807) is 0 Å². The van der Waals surface area contributed by atoms with E-state index in [0.717, 1.165) is 30.9 Å². The van der Waals surface area contributed by atoms with Gasteiger partial charge in [0.15, 0.2) is 18.1 Å². The standard InChI is InChI=1S/C24H33N3O3/c1-3-27-14-8-11-21(27)17-25-16-19-12-13-22(23(15-19)29-4-2)30-18-24(28)26-20-9-6-5-7-10-20/h5-7,9-10,12-13,15,21,25H,3-4,8,11,14,16-18H2,1-2H3,(H,26,28). The van der Waals surface area contributed by atoms with Crippen LogP contribution in [0.3, 0.4) is 0 Å². The fourth-order valence-electron chi connectivity index (χ4n) is 3.84. The van der Waals surface area contributed by atoms with E-state index in [0.29, 0.717) is 24.1 Å². The number of anilines is 1. The Kier molecular flexibility index (Phi) is 8.53. The molecule has 6 nitrogen and oxygen atoms in total. The lowest BCUT2D eigenvalue weighted by atomic mass is 10.1. The molecule has 6 heteroatoms. The summed E-state index contributed by atoms with van der Waals surface area (Å²) in [5.41, 5.74) is 1.89. The van der Waals surface area contributed by atoms with Crippen molar-refractivity contribution in [2.75, 3.05) is 38.2 Å². The summed E-state index contributed by atoms with van der Waals surface area (Å²) < 4.78 is 11.5. The van der Waals surface area contributed by atoms with Gasteiger partial charge in [-0.1, -0.05) is 31.2 Å². The van der Waals surface area contributed by atoms with Gasteiger partial charge in [0.05, 0.1) is 6.61 Å². The topological polar surface area (TPSA) is 62.8 Å². The van der Waals surface area contributed by atoms with Gasteiger partial charge in [-0.05, 0) is 62.7 Å². The summed E-state index contributed by atoms with van der Waals surface area (Å²) in [5.74, 6) is 1.04. The molecule has 1 unspecified atom stereocenters. The Morgan fingerprint density at radius 2 is 1.93 bits per heavy atom. The molecule has 0 aromatic heterocycles. The number of nitrogens with one attached hydrogen (secondary N) is 2. The number of ether oxygens (including phenoxy) is 2. The predicted molar refractivity (Wildman–Crippen MR) is 120 cm³/mol. The molecule has 1 atom stereocenters. The monoisotopic (exact) mass is 411 g/mol. The van der Waals surface area contributed by atoms with E-state index in [4.69, 9.17) is 9.47 Å². The highest BCUT2D eigenvalue weighted by molar-refractivity contribution is 5.91. The molecule has 3 rings (SSSR count). The molecule has 2 aromatic rings. The number of carbonyl (C=O) groups excluding carboxylic acids is 1. The fraction of sp³-hybridized carbons (Fsp3) is 0.458. The Hall–Kier alpha value is -2.57. The van der Waals surface area contributed by atoms with Crippen LogP contribution in [0.5, 0.6) is 11.5 Å². The van der Waals surface area contributed by atoms with Crippen LogP contribution in [0.2, 0.25) is 0 Å². The van der Waals surface area contributed by atoms with Gasteiger partial charge >= 0.3 is 0 Å². The quantitative estimate of drug-likeness (QED) is 0.591. The van der Waals surface area contributed by atoms with Gasteiger partial charge in [-0.3, -0.25) is 9.69 Å². The molecule has 1 amide bonds. The fourth-order valence-corrected chi connectivity index (χ4v) is 3.84. The van der Waals surface area contributed by atoms with E-state index in [-0.39, 0.29) is 12.5 Å². The lowest BCUT2D eigenvalue weighted by Crippen LogP contribution is -2.37. The molecule has 1 aliphatic heterocycles. The molecule has 0 bridgehead atoms. The maximum atomic E-state index is 12.1. The first-order valence-corrected chi connectivity index (χ1v) is 10.9. The smallest absolute Gasteiger partial charge is 0.262 e. The van der Waals surface area contributed by atoms with E-state index in [9.17, 15) is 4.79 Å². The number of likely N-dealkylation sites (tertiary alicyclic amines) is 1. The Morgan fingerprint density at radius 1 is 1.10 bits per heavy atom. The van der Waals surface area contributed by atoms with Gasteiger partial charge in [0.2, 0.25) is 0 Å². The minimum absolute atomic E-state index is 0.0684. The number of nitrogens with zero attached hydrogens (tertiary/aromatic N) is 1. The van der Waals surface area contributed by atoms with Crippen molar-refractivity contribution >= 4 is 11.6 Å². The molecule has 0 spiro atoms. The van der Waals surface area contributed by atoms with Crippen molar-refractivity contribution < 1.29 is 14.3 Å². The zero-order chi connectivity index (χ0) is 21.2. The molecule has 1 saturated heterocycles. The molecule has 1 heterocycles. The van der Waals surface area contributed by atoms with Gasteiger partial charge in [0.25, 0.3) is 5.91 Å². The second-order valence-electron chi connectivity index (χ2n) is 7.47. The number of hydrogen-bond donors (Lipinski definition) is 2. The van der Waals surface area contributed by atoms with Gasteiger partial charge < -0.3 is 20.1 Å². The SMILES string of the molecule is CCOc1cc(CNCC2CCCN2CC)ccc1OCC(=O)Nc1ccccc1. The maximum Gasteiger partial charge on any atom is 0.262 e. The Bertz CT molecular complexity index is 798. The average molecular weight is 412 g/mol. The molecule has 0 saturated carbocycles.